The largest absolute Gasteiger partial charge is 0.397 e. The monoisotopic (exact) mass is 270 g/mol. The van der Waals surface area contributed by atoms with Crippen LogP contribution in [0.1, 0.15) is 5.69 Å². The van der Waals surface area contributed by atoms with Gasteiger partial charge in [0, 0.05) is 35.6 Å². The van der Waals surface area contributed by atoms with Crippen LogP contribution in [0.4, 0.5) is 11.4 Å². The van der Waals surface area contributed by atoms with Crippen LogP contribution < -0.4 is 11.1 Å². The Hall–Kier alpha value is -2.14. The summed E-state index contributed by atoms with van der Waals surface area (Å²) in [6, 6.07) is 7.85. The zero-order chi connectivity index (χ0) is 13.1. The first kappa shape index (κ1) is 11.9. The van der Waals surface area contributed by atoms with Gasteiger partial charge in [-0.2, -0.15) is 0 Å². The van der Waals surface area contributed by atoms with Crippen LogP contribution in [0.15, 0.2) is 41.4 Å². The molecule has 3 rings (SSSR count). The van der Waals surface area contributed by atoms with E-state index in [1.807, 2.05) is 29.8 Å². The van der Waals surface area contributed by atoms with E-state index in [9.17, 15) is 0 Å². The first-order valence-electron chi connectivity index (χ1n) is 6.09. The number of fused-ring (bicyclic) bond motifs is 1. The molecular formula is C14H14N4S. The van der Waals surface area contributed by atoms with Crippen LogP contribution in [0, 0.1) is 0 Å². The van der Waals surface area contributed by atoms with Crippen LogP contribution in [0.25, 0.3) is 10.9 Å². The van der Waals surface area contributed by atoms with Crippen molar-refractivity contribution in [3.05, 3.63) is 47.0 Å². The molecule has 0 saturated heterocycles. The Bertz CT molecular complexity index is 679. The first-order valence-corrected chi connectivity index (χ1v) is 7.03. The van der Waals surface area contributed by atoms with Gasteiger partial charge in [0.15, 0.2) is 0 Å². The first-order chi connectivity index (χ1) is 9.34. The molecule has 0 radical (unpaired) electrons. The number of nitrogens with two attached hydrogens (primary N) is 1. The Kier molecular flexibility index (Phi) is 3.29. The third kappa shape index (κ3) is 2.51. The molecule has 2 aromatic heterocycles. The second-order valence-corrected chi connectivity index (χ2v) is 4.98. The SMILES string of the molecule is Nc1ccc(NCCc2cscn2)c2cccnc12. The Labute approximate surface area is 115 Å². The summed E-state index contributed by atoms with van der Waals surface area (Å²) in [6.07, 6.45) is 2.67. The minimum atomic E-state index is 0.709. The van der Waals surface area contributed by atoms with Crippen molar-refractivity contribution in [1.29, 1.82) is 0 Å². The highest BCUT2D eigenvalue weighted by molar-refractivity contribution is 7.07. The Balaban J connectivity index is 1.79. The lowest BCUT2D eigenvalue weighted by molar-refractivity contribution is 0.979. The van der Waals surface area contributed by atoms with Gasteiger partial charge in [0.2, 0.25) is 0 Å². The van der Waals surface area contributed by atoms with Crippen molar-refractivity contribution < 1.29 is 0 Å². The molecule has 0 spiro atoms. The van der Waals surface area contributed by atoms with Gasteiger partial charge in [-0.1, -0.05) is 0 Å². The maximum absolute atomic E-state index is 5.93. The molecule has 1 aromatic carbocycles. The maximum Gasteiger partial charge on any atom is 0.0951 e. The summed E-state index contributed by atoms with van der Waals surface area (Å²) in [5.74, 6) is 0. The summed E-state index contributed by atoms with van der Waals surface area (Å²) >= 11 is 1.62. The molecule has 96 valence electrons. The van der Waals surface area contributed by atoms with Gasteiger partial charge in [-0.05, 0) is 24.3 Å². The van der Waals surface area contributed by atoms with Crippen molar-refractivity contribution in [2.45, 2.75) is 6.42 Å². The molecule has 0 amide bonds. The molecule has 0 bridgehead atoms. The fourth-order valence-electron chi connectivity index (χ4n) is 2.03. The van der Waals surface area contributed by atoms with E-state index >= 15 is 0 Å². The number of nitrogen functional groups attached to an aromatic ring is 1. The molecule has 0 aliphatic carbocycles. The second-order valence-electron chi connectivity index (χ2n) is 4.26. The zero-order valence-corrected chi connectivity index (χ0v) is 11.2. The molecule has 19 heavy (non-hydrogen) atoms. The van der Waals surface area contributed by atoms with Crippen LogP contribution in [-0.4, -0.2) is 16.5 Å². The standard InChI is InChI=1S/C14H14N4S/c15-12-3-4-13(11-2-1-6-17-14(11)12)16-7-5-10-8-19-9-18-10/h1-4,6,8-9,16H,5,7,15H2. The molecule has 4 nitrogen and oxygen atoms in total. The summed E-state index contributed by atoms with van der Waals surface area (Å²) in [5.41, 5.74) is 11.5. The van der Waals surface area contributed by atoms with E-state index in [0.717, 1.165) is 35.2 Å². The Morgan fingerprint density at radius 2 is 2.16 bits per heavy atom. The van der Waals surface area contributed by atoms with E-state index in [4.69, 9.17) is 5.73 Å². The van der Waals surface area contributed by atoms with Crippen molar-refractivity contribution in [2.24, 2.45) is 0 Å². The number of nitrogens with one attached hydrogen (secondary N) is 1. The van der Waals surface area contributed by atoms with E-state index in [1.54, 1.807) is 17.5 Å². The number of aromatic nitrogens is 2. The van der Waals surface area contributed by atoms with Crippen molar-refractivity contribution in [3.8, 4) is 0 Å². The summed E-state index contributed by atoms with van der Waals surface area (Å²) in [6.45, 7) is 0.845. The van der Waals surface area contributed by atoms with Crippen LogP contribution >= 0.6 is 11.3 Å². The molecule has 0 aliphatic heterocycles. The second kappa shape index (κ2) is 5.24. The minimum absolute atomic E-state index is 0.709. The van der Waals surface area contributed by atoms with Gasteiger partial charge < -0.3 is 11.1 Å². The number of nitrogens with zero attached hydrogens (tertiary/aromatic N) is 2. The Morgan fingerprint density at radius 1 is 1.21 bits per heavy atom. The molecule has 2 heterocycles. The number of anilines is 2. The lowest BCUT2D eigenvalue weighted by atomic mass is 10.1. The van der Waals surface area contributed by atoms with Gasteiger partial charge >= 0.3 is 0 Å². The molecule has 5 heteroatoms. The molecule has 0 fully saturated rings. The number of hydrogen-bond donors (Lipinski definition) is 2. The predicted octanol–water partition coefficient (Wildman–Crippen LogP) is 2.93. The van der Waals surface area contributed by atoms with Crippen molar-refractivity contribution in [2.75, 3.05) is 17.6 Å². The van der Waals surface area contributed by atoms with Gasteiger partial charge in [0.25, 0.3) is 0 Å². The Morgan fingerprint density at radius 3 is 3.00 bits per heavy atom. The van der Waals surface area contributed by atoms with E-state index < -0.39 is 0 Å². The fourth-order valence-corrected chi connectivity index (χ4v) is 2.63. The number of pyridine rings is 1. The van der Waals surface area contributed by atoms with Gasteiger partial charge in [0.1, 0.15) is 0 Å². The molecule has 0 aliphatic rings. The molecular weight excluding hydrogens is 256 g/mol. The molecule has 3 aromatic rings. The smallest absolute Gasteiger partial charge is 0.0951 e. The van der Waals surface area contributed by atoms with Crippen molar-refractivity contribution in [1.82, 2.24) is 9.97 Å². The lowest BCUT2D eigenvalue weighted by Crippen LogP contribution is -2.06. The van der Waals surface area contributed by atoms with Crippen LogP contribution in [-0.2, 0) is 6.42 Å². The number of thiazole rings is 1. The number of hydrogen-bond acceptors (Lipinski definition) is 5. The van der Waals surface area contributed by atoms with Crippen LogP contribution in [0.3, 0.4) is 0 Å². The highest BCUT2D eigenvalue weighted by Crippen LogP contribution is 2.26. The topological polar surface area (TPSA) is 63.8 Å². The molecule has 3 N–H and O–H groups in total. The van der Waals surface area contributed by atoms with Gasteiger partial charge in [-0.25, -0.2) is 4.98 Å². The zero-order valence-electron chi connectivity index (χ0n) is 10.3. The van der Waals surface area contributed by atoms with Crippen molar-refractivity contribution in [3.63, 3.8) is 0 Å². The normalized spacial score (nSPS) is 10.7. The summed E-state index contributed by atoms with van der Waals surface area (Å²) in [4.78, 5) is 8.59. The van der Waals surface area contributed by atoms with E-state index in [-0.39, 0.29) is 0 Å². The summed E-state index contributed by atoms with van der Waals surface area (Å²) in [7, 11) is 0. The van der Waals surface area contributed by atoms with Gasteiger partial charge in [-0.15, -0.1) is 11.3 Å². The maximum atomic E-state index is 5.93. The van der Waals surface area contributed by atoms with Crippen LogP contribution in [0.5, 0.6) is 0 Å². The quantitative estimate of drug-likeness (QED) is 0.715. The van der Waals surface area contributed by atoms with E-state index in [2.05, 4.69) is 20.7 Å². The van der Waals surface area contributed by atoms with E-state index in [0.29, 0.717) is 5.69 Å². The highest BCUT2D eigenvalue weighted by Gasteiger charge is 2.04. The fraction of sp³-hybridized carbons (Fsp3) is 0.143. The van der Waals surface area contributed by atoms with Gasteiger partial charge in [0.05, 0.1) is 22.4 Å². The third-order valence-corrected chi connectivity index (χ3v) is 3.62. The van der Waals surface area contributed by atoms with Crippen molar-refractivity contribution >= 4 is 33.6 Å². The number of rotatable bonds is 4. The molecule has 0 unspecified atom stereocenters. The molecule has 0 atom stereocenters. The summed E-state index contributed by atoms with van der Waals surface area (Å²) < 4.78 is 0. The van der Waals surface area contributed by atoms with Crippen LogP contribution in [0.2, 0.25) is 0 Å². The molecule has 0 saturated carbocycles. The third-order valence-electron chi connectivity index (χ3n) is 2.98. The number of benzene rings is 1. The highest BCUT2D eigenvalue weighted by atomic mass is 32.1. The predicted molar refractivity (Wildman–Crippen MR) is 80.5 cm³/mol. The average Bonchev–Trinajstić information content (AvgIpc) is 2.95. The van der Waals surface area contributed by atoms with Gasteiger partial charge in [-0.3, -0.25) is 4.98 Å². The average molecular weight is 270 g/mol. The lowest BCUT2D eigenvalue weighted by Gasteiger charge is -2.10. The summed E-state index contributed by atoms with van der Waals surface area (Å²) in [5, 5.41) is 6.55. The minimum Gasteiger partial charge on any atom is -0.397 e. The van der Waals surface area contributed by atoms with E-state index in [1.165, 1.54) is 0 Å².